The molecule has 0 aromatic heterocycles. The van der Waals surface area contributed by atoms with Gasteiger partial charge in [0.05, 0.1) is 11.5 Å². The molecule has 0 amide bonds. The van der Waals surface area contributed by atoms with E-state index in [-0.39, 0.29) is 17.2 Å². The van der Waals surface area contributed by atoms with E-state index in [0.29, 0.717) is 0 Å². The molecule has 0 aliphatic heterocycles. The minimum atomic E-state index is -4.40. The van der Waals surface area contributed by atoms with Gasteiger partial charge in [-0.3, -0.25) is 14.9 Å². The number of carbonyl (C=O) groups is 1. The number of phosphoric acid groups is 1. The van der Waals surface area contributed by atoms with Crippen LogP contribution in [0, 0.1) is 10.1 Å². The Morgan fingerprint density at radius 3 is 2.00 bits per heavy atom. The molecule has 2 rings (SSSR count). The number of nitro groups is 1. The van der Waals surface area contributed by atoms with Crippen molar-refractivity contribution in [2.75, 3.05) is 6.54 Å². The van der Waals surface area contributed by atoms with Crippen molar-refractivity contribution in [3.8, 4) is 11.5 Å². The molecule has 2 N–H and O–H groups in total. The number of rotatable bonds is 7. The van der Waals surface area contributed by atoms with Gasteiger partial charge in [0.2, 0.25) is 0 Å². The molecule has 2 aromatic rings. The number of benzene rings is 2. The summed E-state index contributed by atoms with van der Waals surface area (Å²) < 4.78 is 28.5. The average molecular weight is 431 g/mol. The third kappa shape index (κ3) is 5.56. The summed E-state index contributed by atoms with van der Waals surface area (Å²) in [7, 11) is -4.40. The Labute approximate surface area is 150 Å². The second-order valence-electron chi connectivity index (χ2n) is 4.50. The molecular formula is C14H12BrN2O7P. The van der Waals surface area contributed by atoms with Gasteiger partial charge in [0.1, 0.15) is 11.5 Å². The van der Waals surface area contributed by atoms with E-state index in [1.807, 2.05) is 0 Å². The largest absolute Gasteiger partial charge is 0.649 e. The van der Waals surface area contributed by atoms with Gasteiger partial charge in [0.15, 0.2) is 0 Å². The van der Waals surface area contributed by atoms with E-state index in [2.05, 4.69) is 15.9 Å². The molecule has 0 fully saturated rings. The topological polar surface area (TPSA) is 131 Å². The quantitative estimate of drug-likeness (QED) is 0.401. The number of carbonyl (C=O) groups excluding carboxylic acids is 1. The molecule has 0 spiro atoms. The Balaban J connectivity index is 2.24. The van der Waals surface area contributed by atoms with Gasteiger partial charge in [-0.15, -0.1) is 0 Å². The number of nitrogens with two attached hydrogens (primary N) is 1. The van der Waals surface area contributed by atoms with Crippen molar-refractivity contribution >= 4 is 35.4 Å². The fourth-order valence-corrected chi connectivity index (χ4v) is 3.06. The molecule has 0 saturated carbocycles. The maximum Gasteiger partial charge on any atom is 0.649 e. The fourth-order valence-electron chi connectivity index (χ4n) is 1.60. The van der Waals surface area contributed by atoms with Crippen molar-refractivity contribution in [3.63, 3.8) is 0 Å². The molecule has 0 bridgehead atoms. The van der Waals surface area contributed by atoms with Crippen LogP contribution in [0.5, 0.6) is 11.5 Å². The van der Waals surface area contributed by atoms with E-state index in [9.17, 15) is 19.5 Å². The molecule has 9 nitrogen and oxygen atoms in total. The van der Waals surface area contributed by atoms with E-state index >= 15 is 0 Å². The molecule has 0 saturated heterocycles. The van der Waals surface area contributed by atoms with Gasteiger partial charge in [-0.1, -0.05) is 15.9 Å². The second-order valence-corrected chi connectivity index (χ2v) is 6.86. The summed E-state index contributed by atoms with van der Waals surface area (Å²) in [6.45, 7) is -0.530. The monoisotopic (exact) mass is 430 g/mol. The SMILES string of the molecule is NCC(=O)OP(=O)(Oc1ccc(Br)cc1)Oc1ccc([N+](=O)[O-])cc1. The first-order valence-corrected chi connectivity index (χ1v) is 8.98. The number of hydrogen-bond donors (Lipinski definition) is 1. The third-order valence-corrected chi connectivity index (χ3v) is 4.50. The van der Waals surface area contributed by atoms with Crippen molar-refractivity contribution in [3.05, 3.63) is 63.1 Å². The van der Waals surface area contributed by atoms with Crippen LogP contribution in [0.1, 0.15) is 0 Å². The number of nitro benzene ring substituents is 1. The van der Waals surface area contributed by atoms with Crippen LogP contribution in [-0.2, 0) is 13.9 Å². The van der Waals surface area contributed by atoms with Gasteiger partial charge in [-0.25, -0.2) is 0 Å². The zero-order chi connectivity index (χ0) is 18.4. The molecule has 0 aliphatic carbocycles. The standard InChI is InChI=1S/C14H12BrN2O7P/c15-10-1-5-12(6-2-10)22-25(21,24-14(18)9-16)23-13-7-3-11(4-8-13)17(19)20/h1-8H,9,16H2. The Morgan fingerprint density at radius 1 is 1.08 bits per heavy atom. The second kappa shape index (κ2) is 8.11. The highest BCUT2D eigenvalue weighted by Gasteiger charge is 2.35. The normalized spacial score (nSPS) is 12.7. The highest BCUT2D eigenvalue weighted by Crippen LogP contribution is 2.49. The van der Waals surface area contributed by atoms with Crippen molar-refractivity contribution in [2.45, 2.75) is 0 Å². The minimum absolute atomic E-state index is 0.0455. The van der Waals surface area contributed by atoms with Gasteiger partial charge in [0.25, 0.3) is 5.69 Å². The average Bonchev–Trinajstić information content (AvgIpc) is 2.57. The maximum absolute atomic E-state index is 12.7. The van der Waals surface area contributed by atoms with Crippen LogP contribution in [-0.4, -0.2) is 17.4 Å². The minimum Gasteiger partial charge on any atom is -0.386 e. The lowest BCUT2D eigenvalue weighted by Crippen LogP contribution is -2.18. The first-order chi connectivity index (χ1) is 11.8. The molecule has 2 aromatic carbocycles. The number of phosphoric ester groups is 1. The molecule has 1 atom stereocenters. The van der Waals surface area contributed by atoms with Crippen molar-refractivity contribution in [2.24, 2.45) is 5.73 Å². The van der Waals surface area contributed by atoms with Gasteiger partial charge >= 0.3 is 13.8 Å². The first kappa shape index (κ1) is 18.9. The molecule has 0 heterocycles. The molecule has 0 aliphatic rings. The number of nitrogens with zero attached hydrogens (tertiary/aromatic N) is 1. The zero-order valence-corrected chi connectivity index (χ0v) is 15.0. The lowest BCUT2D eigenvalue weighted by atomic mass is 10.3. The van der Waals surface area contributed by atoms with E-state index < -0.39 is 25.3 Å². The Bertz CT molecular complexity index is 811. The van der Waals surface area contributed by atoms with Crippen molar-refractivity contribution < 1.29 is 27.9 Å². The summed E-state index contributed by atoms with van der Waals surface area (Å²) in [6, 6.07) is 10.9. The molecule has 0 radical (unpaired) electrons. The Morgan fingerprint density at radius 2 is 1.56 bits per heavy atom. The van der Waals surface area contributed by atoms with Crippen LogP contribution in [0.4, 0.5) is 5.69 Å². The van der Waals surface area contributed by atoms with E-state index in [0.717, 1.165) is 16.6 Å². The van der Waals surface area contributed by atoms with Crippen LogP contribution in [0.25, 0.3) is 0 Å². The fraction of sp³-hybridized carbons (Fsp3) is 0.0714. The summed E-state index contributed by atoms with van der Waals surface area (Å²) >= 11 is 3.24. The van der Waals surface area contributed by atoms with Crippen LogP contribution in [0.2, 0.25) is 0 Å². The zero-order valence-electron chi connectivity index (χ0n) is 12.5. The lowest BCUT2D eigenvalue weighted by molar-refractivity contribution is -0.384. The smallest absolute Gasteiger partial charge is 0.386 e. The molecular weight excluding hydrogens is 419 g/mol. The van der Waals surface area contributed by atoms with Crippen LogP contribution >= 0.6 is 23.8 Å². The summed E-state index contributed by atoms with van der Waals surface area (Å²) in [5, 5.41) is 10.6. The summed E-state index contributed by atoms with van der Waals surface area (Å²) in [5.74, 6) is -0.920. The predicted molar refractivity (Wildman–Crippen MR) is 91.2 cm³/mol. The molecule has 1 unspecified atom stereocenters. The number of halogens is 1. The Kier molecular flexibility index (Phi) is 6.13. The van der Waals surface area contributed by atoms with Crippen LogP contribution in [0.15, 0.2) is 53.0 Å². The van der Waals surface area contributed by atoms with E-state index in [4.69, 9.17) is 19.3 Å². The van der Waals surface area contributed by atoms with Crippen molar-refractivity contribution in [1.82, 2.24) is 0 Å². The highest BCUT2D eigenvalue weighted by molar-refractivity contribution is 9.10. The highest BCUT2D eigenvalue weighted by atomic mass is 79.9. The summed E-state index contributed by atoms with van der Waals surface area (Å²) in [6.07, 6.45) is 0. The predicted octanol–water partition coefficient (Wildman–Crippen LogP) is 3.43. The number of non-ortho nitro benzene ring substituents is 1. The Hall–Kier alpha value is -2.42. The maximum atomic E-state index is 12.7. The summed E-state index contributed by atoms with van der Waals surface area (Å²) in [4.78, 5) is 21.5. The van der Waals surface area contributed by atoms with Gasteiger partial charge < -0.3 is 19.3 Å². The molecule has 132 valence electrons. The van der Waals surface area contributed by atoms with Crippen molar-refractivity contribution in [1.29, 1.82) is 0 Å². The first-order valence-electron chi connectivity index (χ1n) is 6.73. The van der Waals surface area contributed by atoms with E-state index in [1.54, 1.807) is 12.1 Å². The number of hydrogen-bond acceptors (Lipinski definition) is 8. The molecule has 11 heteroatoms. The van der Waals surface area contributed by atoms with Gasteiger partial charge in [0, 0.05) is 16.6 Å². The summed E-state index contributed by atoms with van der Waals surface area (Å²) in [5.41, 5.74) is 4.97. The lowest BCUT2D eigenvalue weighted by Gasteiger charge is -2.18. The van der Waals surface area contributed by atoms with Gasteiger partial charge in [-0.05, 0) is 36.4 Å². The van der Waals surface area contributed by atoms with Crippen LogP contribution in [0.3, 0.4) is 0 Å². The van der Waals surface area contributed by atoms with Gasteiger partial charge in [-0.2, -0.15) is 4.57 Å². The van der Waals surface area contributed by atoms with Crippen LogP contribution < -0.4 is 14.8 Å². The third-order valence-electron chi connectivity index (χ3n) is 2.68. The molecule has 25 heavy (non-hydrogen) atoms. The van der Waals surface area contributed by atoms with E-state index in [1.165, 1.54) is 24.3 Å².